The van der Waals surface area contributed by atoms with Gasteiger partial charge in [-0.1, -0.05) is 12.1 Å². The van der Waals surface area contributed by atoms with Gasteiger partial charge >= 0.3 is 0 Å². The van der Waals surface area contributed by atoms with Gasteiger partial charge < -0.3 is 42.1 Å². The fraction of sp³-hybridized carbons (Fsp3) is 0.471. The molecule has 10 atom stereocenters. The summed E-state index contributed by atoms with van der Waals surface area (Å²) in [5, 5.41) is 62.6. The van der Waals surface area contributed by atoms with Crippen LogP contribution in [0.15, 0.2) is 109 Å². The van der Waals surface area contributed by atoms with Crippen molar-refractivity contribution in [3.05, 3.63) is 193 Å². The number of nitrogens with two attached hydrogens (primary N) is 2. The molecule has 0 aliphatic rings. The molecule has 0 aliphatic carbocycles. The van der Waals surface area contributed by atoms with E-state index in [4.69, 9.17) is 123 Å². The lowest BCUT2D eigenvalue weighted by atomic mass is 10.0. The van der Waals surface area contributed by atoms with Gasteiger partial charge in [0.1, 0.15) is 62.2 Å². The number of non-ortho nitro benzene ring substituents is 3. The van der Waals surface area contributed by atoms with Crippen LogP contribution in [0.3, 0.4) is 0 Å². The first-order valence-corrected chi connectivity index (χ1v) is 47.7. The second-order valence-corrected chi connectivity index (χ2v) is 37.9. The number of aliphatic hydroxyl groups is 1. The van der Waals surface area contributed by atoms with Crippen molar-refractivity contribution in [2.45, 2.75) is 90.8 Å². The second kappa shape index (κ2) is 59.8. The predicted molar refractivity (Wildman–Crippen MR) is 452 cm³/mol. The number of ketones is 4. The number of nitro benzene ring substituents is 4. The molecule has 0 aliphatic heterocycles. The van der Waals surface area contributed by atoms with Gasteiger partial charge in [-0.3, -0.25) is 104 Å². The number of aliphatic hydroxyl groups excluding tert-OH is 1. The molecule has 0 fully saturated rings. The Kier molecular flexibility index (Phi) is 58.4. The average Bonchev–Trinajstić information content (AvgIpc) is 0.830. The number of benzene rings is 4. The topological polar surface area (TPSA) is 562 Å². The van der Waals surface area contributed by atoms with Crippen molar-refractivity contribution in [3.8, 4) is 0 Å². The number of carbonyl (C=O) groups is 7. The number of nitro groups is 5. The summed E-state index contributed by atoms with van der Waals surface area (Å²) >= 11 is 34.4. The zero-order valence-electron chi connectivity index (χ0n) is 66.1. The molecule has 5 rings (SSSR count). The summed E-state index contributed by atoms with van der Waals surface area (Å²) in [6.45, 7) is 21.5. The van der Waals surface area contributed by atoms with Gasteiger partial charge in [-0.25, -0.2) is 19.0 Å². The number of aromatic nitrogens is 1. The number of para-hydroxylation sites is 1. The summed E-state index contributed by atoms with van der Waals surface area (Å²) in [7, 11) is -16.4. The quantitative estimate of drug-likeness (QED) is 0.0141. The van der Waals surface area contributed by atoms with Crippen LogP contribution in [0.1, 0.15) is 118 Å². The van der Waals surface area contributed by atoms with Crippen LogP contribution in [-0.4, -0.2) is 207 Å². The Balaban J connectivity index is -0.00000138. The van der Waals surface area contributed by atoms with E-state index in [9.17, 15) is 92.6 Å². The molecule has 39 nitrogen and oxygen atoms in total. The Labute approximate surface area is 712 Å². The molecule has 5 N–H and O–H groups in total. The molecule has 660 valence electrons. The Bertz CT molecular complexity index is 4230. The number of hydrogen-bond donors (Lipinski definition) is 3. The number of carbonyl (C=O) groups excluding carboxylic acids is 7. The summed E-state index contributed by atoms with van der Waals surface area (Å²) in [4.78, 5) is 125. The molecule has 10 unspecified atom stereocenters. The van der Waals surface area contributed by atoms with Crippen LogP contribution in [0, 0.1) is 57.5 Å². The molecule has 4 aromatic carbocycles. The van der Waals surface area contributed by atoms with Gasteiger partial charge in [0.2, 0.25) is 0 Å². The van der Waals surface area contributed by atoms with Crippen LogP contribution >= 0.6 is 107 Å². The van der Waals surface area contributed by atoms with Crippen LogP contribution in [-0.2, 0) is 79.0 Å². The van der Waals surface area contributed by atoms with E-state index in [0.29, 0.717) is 73.4 Å². The molecule has 118 heavy (non-hydrogen) atoms. The molecule has 0 saturated carbocycles. The zero-order chi connectivity index (χ0) is 91.7. The minimum atomic E-state index is -3.46. The third-order valence-electron chi connectivity index (χ3n) is 14.9. The smallest absolute Gasteiger partial charge is 0.290 e. The van der Waals surface area contributed by atoms with E-state index in [0.717, 1.165) is 6.66 Å². The molecule has 5 aromatic rings. The Morgan fingerprint density at radius 2 is 0.729 bits per heavy atom. The van der Waals surface area contributed by atoms with Gasteiger partial charge in [-0.2, -0.15) is 0 Å². The first-order valence-electron chi connectivity index (χ1n) is 34.1. The molecule has 50 heteroatoms. The van der Waals surface area contributed by atoms with Gasteiger partial charge in [-0.05, 0) is 99.8 Å². The third-order valence-corrected chi connectivity index (χ3v) is 23.5. The van der Waals surface area contributed by atoms with Crippen molar-refractivity contribution < 1.29 is 109 Å². The maximum Gasteiger partial charge on any atom is 0.290 e. The van der Waals surface area contributed by atoms with Gasteiger partial charge in [0.05, 0.1) is 54.2 Å². The lowest BCUT2D eigenvalue weighted by Crippen LogP contribution is -2.27. The monoisotopic (exact) mass is 1880 g/mol. The second-order valence-electron chi connectivity index (χ2n) is 24.4. The van der Waals surface area contributed by atoms with E-state index in [1.54, 1.807) is 33.1 Å². The maximum absolute atomic E-state index is 13.1. The molecule has 0 bridgehead atoms. The standard InChI is InChI=1S/C15H22Cl2N3O5P.C15H21Cl2N2O5P.C13H19Cl2N2O4P.C11H15N2O6P.C11H15N2O5P.3CH2O/c1-11(21)10-15(13-4-5-14(20(22)23)12(2)18-13)25-26(3,24)19(8-6-16)9-7-17;1-12(20)11-15(13-3-5-14(6-4-13)19(21)22)24-25(2,23)18(9-7-16)10-8-17;1-11(12-3-5-13(6-4-12)17(18)19)21-22(2,20)16(9-7-14)10-8-15;1-20(12,18)19-11(6-8(15)7-14)9-4-2-3-5-10(9)13(16)17;1-8(14)7-11(18-19(2,12)17)9-3-5-10(6-4-9)13(15)16;3*1-2/h4-5,15H,6-10H2,1-3H3;3-6,15H,7-11H2,1-2H3;3-6,11H,7-10H2,1-2H3;2-5,11,14H,6-7H2,1H3,(H2,12,18);3-6,11H,7H2,1-2H3,(H2,12,17);3*1H2. The van der Waals surface area contributed by atoms with Gasteiger partial charge in [0.15, 0.2) is 5.78 Å². The molecule has 0 radical (unpaired) electrons. The average molecular weight is 1890 g/mol. The van der Waals surface area contributed by atoms with E-state index in [1.165, 1.54) is 151 Å². The number of aryl methyl sites for hydroxylation is 1. The Morgan fingerprint density at radius 3 is 1.03 bits per heavy atom. The third kappa shape index (κ3) is 46.3. The van der Waals surface area contributed by atoms with Crippen molar-refractivity contribution >= 4 is 179 Å². The summed E-state index contributed by atoms with van der Waals surface area (Å²) in [5.41, 5.74) is 12.5. The largest absolute Gasteiger partial charge is 0.389 e. The van der Waals surface area contributed by atoms with Crippen molar-refractivity contribution in [3.63, 3.8) is 0 Å². The summed E-state index contributed by atoms with van der Waals surface area (Å²) in [6, 6.07) is 25.4. The minimum Gasteiger partial charge on any atom is -0.389 e. The normalized spacial score (nSPS) is 14.5. The zero-order valence-corrected chi connectivity index (χ0v) is 75.1. The maximum atomic E-state index is 13.1. The van der Waals surface area contributed by atoms with Crippen molar-refractivity contribution in [1.82, 2.24) is 19.0 Å². The molecular weight excluding hydrogens is 1790 g/mol. The number of nitrogens with zero attached hydrogens (tertiary/aromatic N) is 9. The number of hydrogen-bond acceptors (Lipinski definition) is 29. The highest BCUT2D eigenvalue weighted by atomic mass is 35.5. The van der Waals surface area contributed by atoms with E-state index in [2.05, 4.69) is 4.98 Å². The van der Waals surface area contributed by atoms with Crippen LogP contribution in [0.5, 0.6) is 0 Å². The molecule has 1 aromatic heterocycles. The molecule has 0 saturated heterocycles. The number of pyridine rings is 1. The summed E-state index contributed by atoms with van der Waals surface area (Å²) < 4.78 is 94.1. The van der Waals surface area contributed by atoms with Crippen LogP contribution in [0.4, 0.5) is 28.4 Å². The number of Topliss-reactive ketones (excluding diaryl/α,β-unsaturated/α-hetero) is 4. The van der Waals surface area contributed by atoms with Gasteiger partial charge in [0.25, 0.3) is 66.0 Å². The van der Waals surface area contributed by atoms with Crippen LogP contribution in [0.25, 0.3) is 0 Å². The Morgan fingerprint density at radius 1 is 0.432 bits per heavy atom. The molecule has 0 amide bonds. The molecule has 0 spiro atoms. The van der Waals surface area contributed by atoms with E-state index < -0.39 is 105 Å². The first-order chi connectivity index (χ1) is 55.1. The fourth-order valence-electron chi connectivity index (χ4n) is 9.79. The Hall–Kier alpha value is -6.83. The lowest BCUT2D eigenvalue weighted by Gasteiger charge is -2.30. The van der Waals surface area contributed by atoms with Gasteiger partial charge in [-0.15, -0.1) is 69.6 Å². The van der Waals surface area contributed by atoms with Crippen molar-refractivity contribution in [2.24, 2.45) is 11.0 Å². The van der Waals surface area contributed by atoms with Gasteiger partial charge in [0, 0.05) is 182 Å². The minimum absolute atomic E-state index is 0.00142. The summed E-state index contributed by atoms with van der Waals surface area (Å²) in [6.07, 6.45) is -4.44. The fourth-order valence-corrected chi connectivity index (χ4v) is 18.3. The number of halogens is 6. The van der Waals surface area contributed by atoms with E-state index >= 15 is 0 Å². The lowest BCUT2D eigenvalue weighted by molar-refractivity contribution is -0.386. The van der Waals surface area contributed by atoms with Crippen molar-refractivity contribution in [2.75, 3.05) is 114 Å². The number of rotatable bonds is 44. The van der Waals surface area contributed by atoms with Crippen molar-refractivity contribution in [1.29, 1.82) is 0 Å². The molecule has 1 heterocycles. The summed E-state index contributed by atoms with van der Waals surface area (Å²) in [5.74, 6) is 0.555. The highest BCUT2D eigenvalue weighted by Gasteiger charge is 2.35. The predicted octanol–water partition coefficient (Wildman–Crippen LogP) is 15.7. The highest BCUT2D eigenvalue weighted by Crippen LogP contribution is 2.54. The highest BCUT2D eigenvalue weighted by molar-refractivity contribution is 7.56. The first kappa shape index (κ1) is 115. The van der Waals surface area contributed by atoms with Crippen LogP contribution in [0.2, 0.25) is 0 Å². The SMILES string of the molecule is C=O.C=O.C=O.CC(=O)CC(OP(C)(=O)N(CCCl)CCCl)c1ccc([N+](=O)[O-])c(C)n1.CC(=O)CC(OP(C)(=O)N(CCCl)CCCl)c1ccc([N+](=O)[O-])cc1.CC(=O)CC(OP(C)(N)=O)c1ccc([N+](=O)[O-])cc1.CC(OP(C)(=O)N(CCCl)CCCl)c1ccc([N+](=O)[O-])cc1.CP(N)(=O)OC(CC(=O)CO)c1ccccc1[N+](=O)[O-]. The molecular formula is C68H98Cl6N11O28P5. The van der Waals surface area contributed by atoms with E-state index in [1.807, 2.05) is 20.4 Å². The van der Waals surface area contributed by atoms with Crippen LogP contribution < -0.4 is 11.0 Å². The number of alkyl halides is 6. The van der Waals surface area contributed by atoms with E-state index in [-0.39, 0.29) is 106 Å².